The Morgan fingerprint density at radius 3 is 2.31 bits per heavy atom. The van der Waals surface area contributed by atoms with E-state index in [2.05, 4.69) is 5.32 Å². The molecule has 0 radical (unpaired) electrons. The Kier molecular flexibility index (Phi) is 6.06. The van der Waals surface area contributed by atoms with Gasteiger partial charge in [0.2, 0.25) is 10.0 Å². The maximum atomic E-state index is 12.3. The van der Waals surface area contributed by atoms with Crippen LogP contribution in [-0.4, -0.2) is 26.9 Å². The van der Waals surface area contributed by atoms with Crippen LogP contribution in [0.2, 0.25) is 0 Å². The van der Waals surface area contributed by atoms with Crippen LogP contribution in [0.1, 0.15) is 10.4 Å². The molecule has 29 heavy (non-hydrogen) atoms. The second kappa shape index (κ2) is 8.68. The zero-order chi connectivity index (χ0) is 20.9. The van der Waals surface area contributed by atoms with Crippen molar-refractivity contribution in [2.24, 2.45) is 5.14 Å². The number of carbonyl (C=O) groups is 2. The SMILES string of the molecule is NS(=O)(=O)c1cccc(C(=O)OCC(=O)Nc2ccccc2-c2ccccc2)c1. The fraction of sp³-hybridized carbons (Fsp3) is 0.0476. The largest absolute Gasteiger partial charge is 0.452 e. The van der Waals surface area contributed by atoms with Crippen LogP contribution in [0.3, 0.4) is 0 Å². The summed E-state index contributed by atoms with van der Waals surface area (Å²) in [4.78, 5) is 24.2. The molecule has 0 spiro atoms. The number of hydrogen-bond donors (Lipinski definition) is 2. The summed E-state index contributed by atoms with van der Waals surface area (Å²) in [6.45, 7) is -0.526. The Labute approximate surface area is 168 Å². The predicted molar refractivity (Wildman–Crippen MR) is 109 cm³/mol. The summed E-state index contributed by atoms with van der Waals surface area (Å²) < 4.78 is 27.8. The van der Waals surface area contributed by atoms with Crippen molar-refractivity contribution in [2.45, 2.75) is 4.90 Å². The number of esters is 1. The fourth-order valence-corrected chi connectivity index (χ4v) is 3.22. The molecule has 7 nitrogen and oxygen atoms in total. The van der Waals surface area contributed by atoms with Gasteiger partial charge in [0.1, 0.15) is 0 Å². The third-order valence-electron chi connectivity index (χ3n) is 4.02. The molecule has 3 aromatic rings. The number of ether oxygens (including phenoxy) is 1. The van der Waals surface area contributed by atoms with Gasteiger partial charge in [-0.15, -0.1) is 0 Å². The molecule has 0 aliphatic carbocycles. The fourth-order valence-electron chi connectivity index (χ4n) is 2.66. The van der Waals surface area contributed by atoms with Crippen molar-refractivity contribution < 1.29 is 22.7 Å². The molecule has 0 unspecified atom stereocenters. The Bertz CT molecular complexity index is 1140. The van der Waals surface area contributed by atoms with Crippen molar-refractivity contribution in [1.29, 1.82) is 0 Å². The number of carbonyl (C=O) groups excluding carboxylic acids is 2. The number of anilines is 1. The predicted octanol–water partition coefficient (Wildman–Crippen LogP) is 2.80. The lowest BCUT2D eigenvalue weighted by molar-refractivity contribution is -0.119. The molecule has 0 saturated carbocycles. The van der Waals surface area contributed by atoms with E-state index in [0.717, 1.165) is 17.2 Å². The number of sulfonamides is 1. The van der Waals surface area contributed by atoms with Gasteiger partial charge in [0.05, 0.1) is 10.5 Å². The minimum Gasteiger partial charge on any atom is -0.452 e. The first-order chi connectivity index (χ1) is 13.8. The van der Waals surface area contributed by atoms with Crippen molar-refractivity contribution in [2.75, 3.05) is 11.9 Å². The summed E-state index contributed by atoms with van der Waals surface area (Å²) in [5, 5.41) is 7.77. The maximum Gasteiger partial charge on any atom is 0.338 e. The molecular weight excluding hydrogens is 392 g/mol. The smallest absolute Gasteiger partial charge is 0.338 e. The highest BCUT2D eigenvalue weighted by Crippen LogP contribution is 2.27. The minimum atomic E-state index is -3.95. The summed E-state index contributed by atoms with van der Waals surface area (Å²) in [5.41, 5.74) is 2.32. The first-order valence-corrected chi connectivity index (χ1v) is 10.1. The number of rotatable bonds is 6. The van der Waals surface area contributed by atoms with Crippen LogP contribution >= 0.6 is 0 Å². The van der Waals surface area contributed by atoms with E-state index in [4.69, 9.17) is 9.88 Å². The standard InChI is InChI=1S/C21H18N2O5S/c22-29(26,27)17-10-6-9-16(13-17)21(25)28-14-20(24)23-19-12-5-4-11-18(19)15-7-2-1-3-8-15/h1-13H,14H2,(H,23,24)(H2,22,26,27). The van der Waals surface area contributed by atoms with E-state index in [9.17, 15) is 18.0 Å². The van der Waals surface area contributed by atoms with E-state index < -0.39 is 28.5 Å². The number of nitrogens with two attached hydrogens (primary N) is 1. The Morgan fingerprint density at radius 2 is 1.59 bits per heavy atom. The summed E-state index contributed by atoms with van der Waals surface area (Å²) in [6, 6.07) is 21.9. The average Bonchev–Trinajstić information content (AvgIpc) is 2.72. The van der Waals surface area contributed by atoms with Crippen molar-refractivity contribution >= 4 is 27.6 Å². The lowest BCUT2D eigenvalue weighted by Crippen LogP contribution is -2.21. The molecule has 3 rings (SSSR count). The first-order valence-electron chi connectivity index (χ1n) is 8.59. The number of para-hydroxylation sites is 1. The van der Waals surface area contributed by atoms with E-state index in [1.807, 2.05) is 42.5 Å². The molecule has 0 atom stereocenters. The molecule has 0 aliphatic rings. The van der Waals surface area contributed by atoms with Crippen LogP contribution < -0.4 is 10.5 Å². The maximum absolute atomic E-state index is 12.3. The van der Waals surface area contributed by atoms with Gasteiger partial charge < -0.3 is 10.1 Å². The van der Waals surface area contributed by atoms with Crippen LogP contribution in [0.25, 0.3) is 11.1 Å². The van der Waals surface area contributed by atoms with E-state index in [1.54, 1.807) is 12.1 Å². The summed E-state index contributed by atoms with van der Waals surface area (Å²) >= 11 is 0. The third kappa shape index (κ3) is 5.28. The van der Waals surface area contributed by atoms with Gasteiger partial charge in [0.15, 0.2) is 6.61 Å². The quantitative estimate of drug-likeness (QED) is 0.606. The van der Waals surface area contributed by atoms with Crippen molar-refractivity contribution in [1.82, 2.24) is 0 Å². The van der Waals surface area contributed by atoms with Gasteiger partial charge in [0, 0.05) is 11.3 Å². The monoisotopic (exact) mass is 410 g/mol. The second-order valence-corrected chi connectivity index (χ2v) is 7.67. The Morgan fingerprint density at radius 1 is 0.897 bits per heavy atom. The van der Waals surface area contributed by atoms with Crippen LogP contribution in [0.4, 0.5) is 5.69 Å². The molecule has 0 bridgehead atoms. The molecule has 0 aliphatic heterocycles. The van der Waals surface area contributed by atoms with Crippen LogP contribution in [0, 0.1) is 0 Å². The summed E-state index contributed by atoms with van der Waals surface area (Å²) in [7, 11) is -3.95. The minimum absolute atomic E-state index is 0.0194. The van der Waals surface area contributed by atoms with Gasteiger partial charge in [0.25, 0.3) is 5.91 Å². The van der Waals surface area contributed by atoms with Crippen LogP contribution in [0.15, 0.2) is 83.8 Å². The molecule has 1 amide bonds. The number of amides is 1. The van der Waals surface area contributed by atoms with E-state index in [-0.39, 0.29) is 10.5 Å². The molecule has 0 fully saturated rings. The lowest BCUT2D eigenvalue weighted by Gasteiger charge is -2.11. The van der Waals surface area contributed by atoms with Gasteiger partial charge in [-0.25, -0.2) is 18.4 Å². The highest BCUT2D eigenvalue weighted by Gasteiger charge is 2.15. The lowest BCUT2D eigenvalue weighted by atomic mass is 10.0. The topological polar surface area (TPSA) is 116 Å². The van der Waals surface area contributed by atoms with Gasteiger partial charge in [-0.05, 0) is 29.8 Å². The van der Waals surface area contributed by atoms with Crippen molar-refractivity contribution in [3.63, 3.8) is 0 Å². The average molecular weight is 410 g/mol. The summed E-state index contributed by atoms with van der Waals surface area (Å²) in [5.74, 6) is -1.36. The van der Waals surface area contributed by atoms with E-state index >= 15 is 0 Å². The number of primary sulfonamides is 1. The van der Waals surface area contributed by atoms with Gasteiger partial charge in [-0.1, -0.05) is 54.6 Å². The Hall–Kier alpha value is -3.49. The normalized spacial score (nSPS) is 10.9. The van der Waals surface area contributed by atoms with Crippen LogP contribution in [0.5, 0.6) is 0 Å². The molecule has 8 heteroatoms. The molecule has 3 aromatic carbocycles. The van der Waals surface area contributed by atoms with Crippen LogP contribution in [-0.2, 0) is 19.6 Å². The molecule has 0 aromatic heterocycles. The molecule has 0 heterocycles. The third-order valence-corrected chi connectivity index (χ3v) is 4.93. The molecule has 0 saturated heterocycles. The highest BCUT2D eigenvalue weighted by molar-refractivity contribution is 7.89. The Balaban J connectivity index is 1.66. The van der Waals surface area contributed by atoms with Crippen molar-refractivity contribution in [3.05, 3.63) is 84.4 Å². The number of hydrogen-bond acceptors (Lipinski definition) is 5. The first kappa shape index (κ1) is 20.2. The molecular formula is C21H18N2O5S. The van der Waals surface area contributed by atoms with Gasteiger partial charge in [-0.2, -0.15) is 0 Å². The summed E-state index contributed by atoms with van der Waals surface area (Å²) in [6.07, 6.45) is 0. The van der Waals surface area contributed by atoms with Gasteiger partial charge in [-0.3, -0.25) is 4.79 Å². The van der Waals surface area contributed by atoms with E-state index in [1.165, 1.54) is 18.2 Å². The number of benzene rings is 3. The van der Waals surface area contributed by atoms with Gasteiger partial charge >= 0.3 is 5.97 Å². The van der Waals surface area contributed by atoms with E-state index in [0.29, 0.717) is 5.69 Å². The molecule has 148 valence electrons. The zero-order valence-electron chi connectivity index (χ0n) is 15.2. The van der Waals surface area contributed by atoms with Crippen molar-refractivity contribution in [3.8, 4) is 11.1 Å². The zero-order valence-corrected chi connectivity index (χ0v) is 16.1. The second-order valence-electron chi connectivity index (χ2n) is 6.11. The molecule has 3 N–H and O–H groups in total. The highest BCUT2D eigenvalue weighted by atomic mass is 32.2. The number of nitrogens with one attached hydrogen (secondary N) is 1.